The normalized spacial score (nSPS) is 10.5. The Kier molecular flexibility index (Phi) is 2.71. The van der Waals surface area contributed by atoms with Crippen molar-refractivity contribution in [3.8, 4) is 0 Å². The van der Waals surface area contributed by atoms with Crippen LogP contribution in [0.15, 0.2) is 5.03 Å². The number of carbonyl (C=O) groups is 1. The first kappa shape index (κ1) is 10.2. The zero-order valence-electron chi connectivity index (χ0n) is 8.21. The predicted octanol–water partition coefficient (Wildman–Crippen LogP) is 2.06. The lowest BCUT2D eigenvalue weighted by molar-refractivity contribution is 0.0695. The summed E-state index contributed by atoms with van der Waals surface area (Å²) in [5.74, 6) is -0.842. The molecule has 0 saturated carbocycles. The average molecular weight is 199 g/mol. The monoisotopic (exact) mass is 199 g/mol. The van der Waals surface area contributed by atoms with Crippen LogP contribution in [0.1, 0.15) is 21.6 Å². The molecule has 1 aromatic rings. The van der Waals surface area contributed by atoms with Gasteiger partial charge in [-0.05, 0) is 25.7 Å². The highest BCUT2D eigenvalue weighted by molar-refractivity contribution is 7.98. The molecule has 1 aromatic heterocycles. The molecular weight excluding hydrogens is 186 g/mol. The number of carboxylic acid groups (broad SMARTS) is 1. The van der Waals surface area contributed by atoms with E-state index in [1.807, 2.05) is 31.7 Å². The summed E-state index contributed by atoms with van der Waals surface area (Å²) < 4.78 is 1.92. The van der Waals surface area contributed by atoms with Gasteiger partial charge in [0, 0.05) is 12.7 Å². The van der Waals surface area contributed by atoms with Gasteiger partial charge in [-0.1, -0.05) is 0 Å². The number of carboxylic acids is 1. The molecular formula is C9H13NO2S. The van der Waals surface area contributed by atoms with Crippen molar-refractivity contribution in [2.75, 3.05) is 6.26 Å². The molecule has 1 heterocycles. The second-order valence-electron chi connectivity index (χ2n) is 2.96. The summed E-state index contributed by atoms with van der Waals surface area (Å²) >= 11 is 1.57. The molecule has 0 atom stereocenters. The second kappa shape index (κ2) is 3.46. The van der Waals surface area contributed by atoms with Crippen molar-refractivity contribution in [2.24, 2.45) is 7.05 Å². The van der Waals surface area contributed by atoms with Crippen LogP contribution in [0.5, 0.6) is 0 Å². The molecule has 0 aliphatic carbocycles. The summed E-state index contributed by atoms with van der Waals surface area (Å²) in [7, 11) is 1.89. The third-order valence-electron chi connectivity index (χ3n) is 2.27. The molecule has 0 aliphatic rings. The highest BCUT2D eigenvalue weighted by Gasteiger charge is 2.19. The van der Waals surface area contributed by atoms with Gasteiger partial charge in [0.1, 0.15) is 0 Å². The first-order valence-electron chi connectivity index (χ1n) is 3.93. The summed E-state index contributed by atoms with van der Waals surface area (Å²) in [6.07, 6.45) is 1.95. The van der Waals surface area contributed by atoms with Gasteiger partial charge in [-0.25, -0.2) is 4.79 Å². The molecule has 0 spiro atoms. The van der Waals surface area contributed by atoms with Crippen LogP contribution in [-0.2, 0) is 7.05 Å². The lowest BCUT2D eigenvalue weighted by Crippen LogP contribution is -2.00. The molecule has 0 bridgehead atoms. The summed E-state index contributed by atoms with van der Waals surface area (Å²) in [5.41, 5.74) is 2.11. The number of aromatic nitrogens is 1. The van der Waals surface area contributed by atoms with Crippen molar-refractivity contribution in [1.82, 2.24) is 4.57 Å². The Hall–Kier alpha value is -0.900. The number of hydrogen-bond donors (Lipinski definition) is 1. The van der Waals surface area contributed by atoms with Crippen LogP contribution in [0.2, 0.25) is 0 Å². The molecule has 1 N–H and O–H groups in total. The minimum Gasteiger partial charge on any atom is -0.478 e. The SMILES string of the molecule is CSc1c(C)c(C(=O)O)c(C)n1C. The maximum absolute atomic E-state index is 10.9. The Morgan fingerprint density at radius 1 is 1.46 bits per heavy atom. The van der Waals surface area contributed by atoms with Gasteiger partial charge in [-0.3, -0.25) is 0 Å². The predicted molar refractivity (Wildman–Crippen MR) is 53.6 cm³/mol. The fourth-order valence-corrected chi connectivity index (χ4v) is 2.37. The third kappa shape index (κ3) is 1.46. The number of hydrogen-bond acceptors (Lipinski definition) is 2. The van der Waals surface area contributed by atoms with Gasteiger partial charge in [0.15, 0.2) is 0 Å². The molecule has 0 saturated heterocycles. The van der Waals surface area contributed by atoms with Crippen LogP contribution in [0.25, 0.3) is 0 Å². The van der Waals surface area contributed by atoms with Crippen molar-refractivity contribution in [3.05, 3.63) is 16.8 Å². The number of rotatable bonds is 2. The van der Waals surface area contributed by atoms with Gasteiger partial charge < -0.3 is 9.67 Å². The molecule has 0 fully saturated rings. The van der Waals surface area contributed by atoms with Crippen LogP contribution >= 0.6 is 11.8 Å². The van der Waals surface area contributed by atoms with E-state index in [2.05, 4.69) is 0 Å². The Morgan fingerprint density at radius 3 is 2.23 bits per heavy atom. The zero-order valence-corrected chi connectivity index (χ0v) is 9.03. The van der Waals surface area contributed by atoms with Crippen molar-refractivity contribution >= 4 is 17.7 Å². The van der Waals surface area contributed by atoms with E-state index in [9.17, 15) is 4.79 Å². The van der Waals surface area contributed by atoms with Crippen molar-refractivity contribution < 1.29 is 9.90 Å². The van der Waals surface area contributed by atoms with Crippen molar-refractivity contribution in [3.63, 3.8) is 0 Å². The molecule has 0 unspecified atom stereocenters. The van der Waals surface area contributed by atoms with Gasteiger partial charge in [0.05, 0.1) is 10.6 Å². The fraction of sp³-hybridized carbons (Fsp3) is 0.444. The van der Waals surface area contributed by atoms with Gasteiger partial charge in [0.2, 0.25) is 0 Å². The molecule has 1 rings (SSSR count). The molecule has 4 heteroatoms. The molecule has 13 heavy (non-hydrogen) atoms. The number of nitrogens with zero attached hydrogens (tertiary/aromatic N) is 1. The lowest BCUT2D eigenvalue weighted by Gasteiger charge is -2.00. The maximum atomic E-state index is 10.9. The highest BCUT2D eigenvalue weighted by Crippen LogP contribution is 2.27. The smallest absolute Gasteiger partial charge is 0.337 e. The summed E-state index contributed by atoms with van der Waals surface area (Å²) in [6, 6.07) is 0. The topological polar surface area (TPSA) is 42.2 Å². The van der Waals surface area contributed by atoms with E-state index in [1.165, 1.54) is 0 Å². The van der Waals surface area contributed by atoms with E-state index >= 15 is 0 Å². The molecule has 0 amide bonds. The van der Waals surface area contributed by atoms with Crippen LogP contribution in [-0.4, -0.2) is 21.9 Å². The summed E-state index contributed by atoms with van der Waals surface area (Å²) in [5, 5.41) is 9.98. The van der Waals surface area contributed by atoms with Gasteiger partial charge >= 0.3 is 5.97 Å². The number of thioether (sulfide) groups is 1. The van der Waals surface area contributed by atoms with Crippen LogP contribution < -0.4 is 0 Å². The average Bonchev–Trinajstić information content (AvgIpc) is 2.24. The van der Waals surface area contributed by atoms with E-state index in [-0.39, 0.29) is 0 Å². The van der Waals surface area contributed by atoms with E-state index in [0.29, 0.717) is 5.56 Å². The van der Waals surface area contributed by atoms with Crippen LogP contribution in [0, 0.1) is 13.8 Å². The zero-order chi connectivity index (χ0) is 10.2. The second-order valence-corrected chi connectivity index (χ2v) is 3.75. The summed E-state index contributed by atoms with van der Waals surface area (Å²) in [4.78, 5) is 10.9. The first-order valence-corrected chi connectivity index (χ1v) is 5.16. The van der Waals surface area contributed by atoms with Gasteiger partial charge in [0.25, 0.3) is 0 Å². The van der Waals surface area contributed by atoms with Crippen LogP contribution in [0.3, 0.4) is 0 Å². The number of aromatic carboxylic acids is 1. The quantitative estimate of drug-likeness (QED) is 0.741. The van der Waals surface area contributed by atoms with Crippen molar-refractivity contribution in [2.45, 2.75) is 18.9 Å². The molecule has 0 radical (unpaired) electrons. The Bertz CT molecular complexity index is 355. The van der Waals surface area contributed by atoms with E-state index in [4.69, 9.17) is 5.11 Å². The Balaban J connectivity index is 3.45. The summed E-state index contributed by atoms with van der Waals surface area (Å²) in [6.45, 7) is 3.68. The molecule has 0 aromatic carbocycles. The minimum absolute atomic E-state index is 0.437. The molecule has 0 aliphatic heterocycles. The minimum atomic E-state index is -0.842. The van der Waals surface area contributed by atoms with Gasteiger partial charge in [-0.15, -0.1) is 11.8 Å². The molecule has 72 valence electrons. The fourth-order valence-electron chi connectivity index (χ4n) is 1.56. The van der Waals surface area contributed by atoms with Gasteiger partial charge in [-0.2, -0.15) is 0 Å². The molecule has 3 nitrogen and oxygen atoms in total. The van der Waals surface area contributed by atoms with E-state index in [0.717, 1.165) is 16.3 Å². The first-order chi connectivity index (χ1) is 6.00. The van der Waals surface area contributed by atoms with E-state index < -0.39 is 5.97 Å². The Labute approximate surface area is 81.8 Å². The standard InChI is InChI=1S/C9H13NO2S/c1-5-7(9(11)12)6(2)10(3)8(5)13-4/h1-4H3,(H,11,12). The van der Waals surface area contributed by atoms with E-state index in [1.54, 1.807) is 11.8 Å². The maximum Gasteiger partial charge on any atom is 0.337 e. The third-order valence-corrected chi connectivity index (χ3v) is 3.24. The largest absolute Gasteiger partial charge is 0.478 e. The van der Waals surface area contributed by atoms with Crippen molar-refractivity contribution in [1.29, 1.82) is 0 Å². The van der Waals surface area contributed by atoms with Crippen LogP contribution in [0.4, 0.5) is 0 Å². The highest BCUT2D eigenvalue weighted by atomic mass is 32.2. The lowest BCUT2D eigenvalue weighted by atomic mass is 10.2. The Morgan fingerprint density at radius 2 is 2.00 bits per heavy atom.